The lowest BCUT2D eigenvalue weighted by molar-refractivity contribution is 0.0607. The molecule has 0 aromatic heterocycles. The quantitative estimate of drug-likeness (QED) is 0.838. The van der Waals surface area contributed by atoms with Gasteiger partial charge in [0.1, 0.15) is 0 Å². The molecule has 2 aliphatic heterocycles. The number of nitrogens with zero attached hydrogens (tertiary/aromatic N) is 1. The Balaban J connectivity index is 1.88. The molecule has 0 N–H and O–H groups in total. The molecular weight excluding hydrogens is 278 g/mol. The van der Waals surface area contributed by atoms with E-state index in [1.165, 1.54) is 6.42 Å². The van der Waals surface area contributed by atoms with Gasteiger partial charge in [-0.25, -0.2) is 0 Å². The van der Waals surface area contributed by atoms with Crippen LogP contribution in [0.5, 0.6) is 11.5 Å². The average molecular weight is 296 g/mol. The van der Waals surface area contributed by atoms with Gasteiger partial charge >= 0.3 is 0 Å². The largest absolute Gasteiger partial charge is 0.454 e. The third-order valence-corrected chi connectivity index (χ3v) is 4.31. The van der Waals surface area contributed by atoms with Crippen molar-refractivity contribution in [3.63, 3.8) is 0 Å². The van der Waals surface area contributed by atoms with Crippen LogP contribution in [0.3, 0.4) is 0 Å². The molecule has 1 aromatic rings. The third kappa shape index (κ3) is 2.33. The molecule has 0 unspecified atom stereocenters. The molecule has 1 amide bonds. The third-order valence-electron chi connectivity index (χ3n) is 4.03. The van der Waals surface area contributed by atoms with Crippen LogP contribution in [0.1, 0.15) is 43.0 Å². The van der Waals surface area contributed by atoms with Crippen LogP contribution in [0.15, 0.2) is 12.1 Å². The number of rotatable bonds is 2. The maximum absolute atomic E-state index is 12.7. The molecule has 0 bridgehead atoms. The summed E-state index contributed by atoms with van der Waals surface area (Å²) in [6, 6.07) is 3.75. The maximum atomic E-state index is 12.7. The molecule has 0 spiro atoms. The first-order chi connectivity index (χ1) is 9.70. The van der Waals surface area contributed by atoms with Crippen molar-refractivity contribution < 1.29 is 14.3 Å². The second-order valence-electron chi connectivity index (χ2n) is 5.25. The molecule has 0 saturated carbocycles. The van der Waals surface area contributed by atoms with E-state index < -0.39 is 0 Å². The Morgan fingerprint density at radius 2 is 2.25 bits per heavy atom. The number of piperidine rings is 1. The number of halogens is 1. The van der Waals surface area contributed by atoms with Crippen molar-refractivity contribution in [2.75, 3.05) is 13.3 Å². The van der Waals surface area contributed by atoms with Crippen molar-refractivity contribution in [2.24, 2.45) is 0 Å². The highest BCUT2D eigenvalue weighted by Gasteiger charge is 2.28. The number of amides is 1. The lowest BCUT2D eigenvalue weighted by Crippen LogP contribution is -2.43. The fourth-order valence-corrected chi connectivity index (χ4v) is 3.21. The summed E-state index contributed by atoms with van der Waals surface area (Å²) in [6.45, 7) is 3.11. The summed E-state index contributed by atoms with van der Waals surface area (Å²) in [7, 11) is 0. The minimum atomic E-state index is 0.0387. The number of benzene rings is 1. The molecule has 5 heteroatoms. The Hall–Kier alpha value is -1.42. The summed E-state index contributed by atoms with van der Waals surface area (Å²) in [6.07, 6.45) is 4.34. The average Bonchev–Trinajstić information content (AvgIpc) is 2.95. The molecule has 1 aromatic carbocycles. The van der Waals surface area contributed by atoms with Crippen molar-refractivity contribution in [1.29, 1.82) is 0 Å². The lowest BCUT2D eigenvalue weighted by Gasteiger charge is -2.35. The molecule has 2 heterocycles. The number of hydrogen-bond acceptors (Lipinski definition) is 3. The fraction of sp³-hybridized carbons (Fsp3) is 0.533. The predicted octanol–water partition coefficient (Wildman–Crippen LogP) is 3.47. The summed E-state index contributed by atoms with van der Waals surface area (Å²) in [4.78, 5) is 14.7. The minimum Gasteiger partial charge on any atom is -0.454 e. The highest BCUT2D eigenvalue weighted by Crippen LogP contribution is 2.40. The van der Waals surface area contributed by atoms with Crippen LogP contribution >= 0.6 is 11.6 Å². The SMILES string of the molecule is CC[C@@H]1CCCCN1C(=O)c1cc(Cl)c2c(c1)OCO2. The van der Waals surface area contributed by atoms with Gasteiger partial charge < -0.3 is 14.4 Å². The summed E-state index contributed by atoms with van der Waals surface area (Å²) >= 11 is 6.15. The Morgan fingerprint density at radius 3 is 3.05 bits per heavy atom. The van der Waals surface area contributed by atoms with Crippen LogP contribution in [0.25, 0.3) is 0 Å². The Morgan fingerprint density at radius 1 is 1.40 bits per heavy atom. The van der Waals surface area contributed by atoms with Crippen LogP contribution < -0.4 is 9.47 Å². The number of carbonyl (C=O) groups is 1. The number of ether oxygens (including phenoxy) is 2. The van der Waals surface area contributed by atoms with Gasteiger partial charge in [0.25, 0.3) is 5.91 Å². The molecule has 1 atom stereocenters. The summed E-state index contributed by atoms with van der Waals surface area (Å²) < 4.78 is 10.6. The topological polar surface area (TPSA) is 38.8 Å². The van der Waals surface area contributed by atoms with Crippen molar-refractivity contribution >= 4 is 17.5 Å². The first-order valence-corrected chi connectivity index (χ1v) is 7.48. The second-order valence-corrected chi connectivity index (χ2v) is 5.66. The Labute approximate surface area is 123 Å². The van der Waals surface area contributed by atoms with Gasteiger partial charge in [-0.3, -0.25) is 4.79 Å². The zero-order valence-corrected chi connectivity index (χ0v) is 12.3. The van der Waals surface area contributed by atoms with Crippen molar-refractivity contribution in [3.05, 3.63) is 22.7 Å². The molecular formula is C15H18ClNO3. The molecule has 1 saturated heterocycles. The van der Waals surface area contributed by atoms with E-state index >= 15 is 0 Å². The number of likely N-dealkylation sites (tertiary alicyclic amines) is 1. The first kappa shape index (κ1) is 13.6. The highest BCUT2D eigenvalue weighted by molar-refractivity contribution is 6.32. The normalized spacial score (nSPS) is 21.1. The molecule has 3 rings (SSSR count). The first-order valence-electron chi connectivity index (χ1n) is 7.11. The predicted molar refractivity (Wildman–Crippen MR) is 76.5 cm³/mol. The minimum absolute atomic E-state index is 0.0387. The van der Waals surface area contributed by atoms with E-state index in [0.717, 1.165) is 25.8 Å². The van der Waals surface area contributed by atoms with Crippen LogP contribution in [-0.2, 0) is 0 Å². The van der Waals surface area contributed by atoms with Gasteiger partial charge in [0, 0.05) is 18.2 Å². The molecule has 4 nitrogen and oxygen atoms in total. The van der Waals surface area contributed by atoms with Gasteiger partial charge in [-0.2, -0.15) is 0 Å². The molecule has 1 fully saturated rings. The van der Waals surface area contributed by atoms with Gasteiger partial charge in [0.15, 0.2) is 11.5 Å². The van der Waals surface area contributed by atoms with Crippen molar-refractivity contribution in [1.82, 2.24) is 4.90 Å². The summed E-state index contributed by atoms with van der Waals surface area (Å²) in [5.74, 6) is 1.14. The van der Waals surface area contributed by atoms with E-state index in [9.17, 15) is 4.79 Å². The Kier molecular flexibility index (Phi) is 3.74. The van der Waals surface area contributed by atoms with Crippen LogP contribution in [0, 0.1) is 0 Å². The van der Waals surface area contributed by atoms with Gasteiger partial charge in [0.2, 0.25) is 6.79 Å². The fourth-order valence-electron chi connectivity index (χ4n) is 2.95. The number of hydrogen-bond donors (Lipinski definition) is 0. The van der Waals surface area contributed by atoms with Gasteiger partial charge in [-0.15, -0.1) is 0 Å². The van der Waals surface area contributed by atoms with Gasteiger partial charge in [0.05, 0.1) is 5.02 Å². The van der Waals surface area contributed by atoms with Gasteiger partial charge in [-0.05, 0) is 37.8 Å². The van der Waals surface area contributed by atoms with E-state index in [0.29, 0.717) is 28.1 Å². The zero-order valence-electron chi connectivity index (χ0n) is 11.5. The Bertz CT molecular complexity index is 532. The van der Waals surface area contributed by atoms with Crippen LogP contribution in [0.2, 0.25) is 5.02 Å². The van der Waals surface area contributed by atoms with Crippen LogP contribution in [-0.4, -0.2) is 30.2 Å². The molecule has 108 valence electrons. The van der Waals surface area contributed by atoms with E-state index in [-0.39, 0.29) is 12.7 Å². The van der Waals surface area contributed by atoms with E-state index in [4.69, 9.17) is 21.1 Å². The van der Waals surface area contributed by atoms with Crippen molar-refractivity contribution in [3.8, 4) is 11.5 Å². The number of carbonyl (C=O) groups excluding carboxylic acids is 1. The lowest BCUT2D eigenvalue weighted by atomic mass is 9.99. The standard InChI is InChI=1S/C15H18ClNO3/c1-2-11-5-3-4-6-17(11)15(18)10-7-12(16)14-13(8-10)19-9-20-14/h7-8,11H,2-6,9H2,1H3/t11-/m1/s1. The summed E-state index contributed by atoms with van der Waals surface area (Å²) in [5, 5.41) is 0.438. The number of fused-ring (bicyclic) bond motifs is 1. The maximum Gasteiger partial charge on any atom is 0.254 e. The highest BCUT2D eigenvalue weighted by atomic mass is 35.5. The van der Waals surface area contributed by atoms with E-state index in [1.807, 2.05) is 4.90 Å². The zero-order chi connectivity index (χ0) is 14.1. The smallest absolute Gasteiger partial charge is 0.254 e. The monoisotopic (exact) mass is 295 g/mol. The van der Waals surface area contributed by atoms with Crippen molar-refractivity contribution in [2.45, 2.75) is 38.6 Å². The van der Waals surface area contributed by atoms with Gasteiger partial charge in [-0.1, -0.05) is 18.5 Å². The summed E-state index contributed by atoms with van der Waals surface area (Å²) in [5.41, 5.74) is 0.583. The molecule has 0 aliphatic carbocycles. The van der Waals surface area contributed by atoms with E-state index in [2.05, 4.69) is 6.92 Å². The molecule has 20 heavy (non-hydrogen) atoms. The van der Waals surface area contributed by atoms with Crippen LogP contribution in [0.4, 0.5) is 0 Å². The second kappa shape index (κ2) is 5.52. The molecule has 0 radical (unpaired) electrons. The van der Waals surface area contributed by atoms with E-state index in [1.54, 1.807) is 12.1 Å². The molecule has 2 aliphatic rings.